The van der Waals surface area contributed by atoms with E-state index in [1.807, 2.05) is 9.80 Å². The van der Waals surface area contributed by atoms with E-state index in [2.05, 4.69) is 0 Å². The molecule has 0 saturated carbocycles. The lowest BCUT2D eigenvalue weighted by Gasteiger charge is -2.35. The van der Waals surface area contributed by atoms with Crippen molar-refractivity contribution < 1.29 is 21.9 Å². The van der Waals surface area contributed by atoms with Crippen LogP contribution >= 0.6 is 0 Å². The number of alkyl halides is 3. The molecule has 0 spiro atoms. The molecule has 1 unspecified atom stereocenters. The first-order chi connectivity index (χ1) is 10.7. The molecule has 1 fully saturated rings. The maximum Gasteiger partial charge on any atom is 0.416 e. The zero-order valence-electron chi connectivity index (χ0n) is 13.1. The van der Waals surface area contributed by atoms with Gasteiger partial charge in [-0.05, 0) is 23.6 Å². The Morgan fingerprint density at radius 2 is 1.83 bits per heavy atom. The van der Waals surface area contributed by atoms with E-state index < -0.39 is 22.8 Å². The van der Waals surface area contributed by atoms with Gasteiger partial charge in [0.15, 0.2) is 11.1 Å². The molecule has 0 aromatic heterocycles. The molecule has 0 radical (unpaired) electrons. The van der Waals surface area contributed by atoms with Gasteiger partial charge in [-0.25, -0.2) is 4.21 Å². The number of piperazine rings is 1. The fraction of sp³-hybridized carbons (Fsp3) is 0.600. The molecule has 8 heteroatoms. The number of hydrogen-bond donors (Lipinski definition) is 1. The molecule has 4 nitrogen and oxygen atoms in total. The van der Waals surface area contributed by atoms with Gasteiger partial charge in [-0.1, -0.05) is 19.9 Å². The Morgan fingerprint density at radius 1 is 1.22 bits per heavy atom. The van der Waals surface area contributed by atoms with Crippen LogP contribution in [0.3, 0.4) is 0 Å². The van der Waals surface area contributed by atoms with Gasteiger partial charge in [0.05, 0.1) is 5.56 Å². The Bertz CT molecular complexity index is 570. The summed E-state index contributed by atoms with van der Waals surface area (Å²) in [6.45, 7) is 5.68. The lowest BCUT2D eigenvalue weighted by atomic mass is 9.96. The highest BCUT2D eigenvalue weighted by Crippen LogP contribution is 2.37. The van der Waals surface area contributed by atoms with E-state index in [-0.39, 0.29) is 11.8 Å². The van der Waals surface area contributed by atoms with E-state index in [0.29, 0.717) is 37.4 Å². The van der Waals surface area contributed by atoms with Crippen LogP contribution in [0.5, 0.6) is 0 Å². The fourth-order valence-corrected chi connectivity index (χ4v) is 3.35. The lowest BCUT2D eigenvalue weighted by Crippen LogP contribution is -2.47. The molecule has 2 rings (SSSR count). The quantitative estimate of drug-likeness (QED) is 0.848. The third-order valence-corrected chi connectivity index (χ3v) is 4.58. The second-order valence-electron chi connectivity index (χ2n) is 5.98. The molecular formula is C15H21F3N2O2S. The molecule has 1 heterocycles. The summed E-state index contributed by atoms with van der Waals surface area (Å²) in [4.78, 5) is 3.72. The predicted octanol–water partition coefficient (Wildman–Crippen LogP) is 3.13. The number of halogens is 3. The van der Waals surface area contributed by atoms with Crippen molar-refractivity contribution in [2.75, 3.05) is 37.0 Å². The molecule has 1 aliphatic rings. The minimum atomic E-state index is -4.37. The summed E-state index contributed by atoms with van der Waals surface area (Å²) in [5.41, 5.74) is 0.269. The minimum absolute atomic E-state index is 0.0773. The Kier molecular flexibility index (Phi) is 5.70. The largest absolute Gasteiger partial charge is 0.416 e. The number of benzene rings is 1. The fourth-order valence-electron chi connectivity index (χ4n) is 2.78. The minimum Gasteiger partial charge on any atom is -0.369 e. The standard InChI is InChI=1S/C15H21F3N2O2S/c1-11(2)13-4-3-12(9-14(13)15(16,17)18)20-7-5-19(6-8-20)10-23(21)22/h3-4,9,11H,5-8,10H2,1-2H3,(H,21,22). The molecule has 1 atom stereocenters. The summed E-state index contributed by atoms with van der Waals surface area (Å²) in [7, 11) is 0. The Morgan fingerprint density at radius 3 is 2.30 bits per heavy atom. The zero-order chi connectivity index (χ0) is 17.2. The zero-order valence-corrected chi connectivity index (χ0v) is 14.0. The normalized spacial score (nSPS) is 18.5. The first-order valence-corrected chi connectivity index (χ1v) is 8.72. The molecule has 1 N–H and O–H groups in total. The predicted molar refractivity (Wildman–Crippen MR) is 85.0 cm³/mol. The third-order valence-electron chi connectivity index (χ3n) is 3.99. The highest BCUT2D eigenvalue weighted by Gasteiger charge is 2.34. The van der Waals surface area contributed by atoms with Crippen molar-refractivity contribution in [3.8, 4) is 0 Å². The summed E-state index contributed by atoms with van der Waals surface area (Å²) in [6, 6.07) is 4.50. The average molecular weight is 350 g/mol. The van der Waals surface area contributed by atoms with Gasteiger partial charge in [-0.3, -0.25) is 4.90 Å². The number of nitrogens with zero attached hydrogens (tertiary/aromatic N) is 2. The maximum atomic E-state index is 13.3. The van der Waals surface area contributed by atoms with Gasteiger partial charge in [0, 0.05) is 31.9 Å². The Hall–Kier alpha value is -1.12. The second kappa shape index (κ2) is 7.19. The first kappa shape index (κ1) is 18.2. The molecule has 1 aliphatic heterocycles. The van der Waals surface area contributed by atoms with Crippen molar-refractivity contribution in [2.45, 2.75) is 25.9 Å². The van der Waals surface area contributed by atoms with E-state index in [1.54, 1.807) is 26.0 Å². The average Bonchev–Trinajstić information content (AvgIpc) is 2.46. The third kappa shape index (κ3) is 4.68. The Labute approximate surface area is 136 Å². The number of hydrogen-bond acceptors (Lipinski definition) is 3. The van der Waals surface area contributed by atoms with Gasteiger partial charge >= 0.3 is 6.18 Å². The van der Waals surface area contributed by atoms with Crippen LogP contribution in [0, 0.1) is 0 Å². The Balaban J connectivity index is 2.17. The van der Waals surface area contributed by atoms with E-state index in [4.69, 9.17) is 4.55 Å². The van der Waals surface area contributed by atoms with Crippen molar-refractivity contribution in [2.24, 2.45) is 0 Å². The van der Waals surface area contributed by atoms with Gasteiger partial charge in [-0.15, -0.1) is 0 Å². The van der Waals surface area contributed by atoms with Gasteiger partial charge < -0.3 is 9.45 Å². The van der Waals surface area contributed by atoms with Gasteiger partial charge in [0.2, 0.25) is 0 Å². The summed E-state index contributed by atoms with van der Waals surface area (Å²) < 4.78 is 59.5. The van der Waals surface area contributed by atoms with Crippen molar-refractivity contribution in [3.63, 3.8) is 0 Å². The molecule has 130 valence electrons. The summed E-state index contributed by atoms with van der Waals surface area (Å²) in [5.74, 6) is -0.120. The van der Waals surface area contributed by atoms with Crippen LogP contribution in [-0.4, -0.2) is 45.7 Å². The van der Waals surface area contributed by atoms with Crippen LogP contribution in [0.15, 0.2) is 18.2 Å². The van der Waals surface area contributed by atoms with Crippen LogP contribution in [0.25, 0.3) is 0 Å². The van der Waals surface area contributed by atoms with E-state index in [0.717, 1.165) is 0 Å². The van der Waals surface area contributed by atoms with Crippen LogP contribution in [0.1, 0.15) is 30.9 Å². The molecule has 0 bridgehead atoms. The van der Waals surface area contributed by atoms with Crippen molar-refractivity contribution in [1.29, 1.82) is 0 Å². The number of anilines is 1. The molecule has 0 amide bonds. The summed E-state index contributed by atoms with van der Waals surface area (Å²) >= 11 is -1.88. The van der Waals surface area contributed by atoms with Crippen molar-refractivity contribution in [1.82, 2.24) is 4.90 Å². The molecule has 23 heavy (non-hydrogen) atoms. The van der Waals surface area contributed by atoms with Crippen LogP contribution in [0.4, 0.5) is 18.9 Å². The lowest BCUT2D eigenvalue weighted by molar-refractivity contribution is -0.138. The summed E-state index contributed by atoms with van der Waals surface area (Å²) in [6.07, 6.45) is -4.37. The topological polar surface area (TPSA) is 43.8 Å². The monoisotopic (exact) mass is 350 g/mol. The molecule has 0 aliphatic carbocycles. The molecule has 1 saturated heterocycles. The highest BCUT2D eigenvalue weighted by molar-refractivity contribution is 7.79. The smallest absolute Gasteiger partial charge is 0.369 e. The van der Waals surface area contributed by atoms with Crippen LogP contribution in [-0.2, 0) is 17.3 Å². The highest BCUT2D eigenvalue weighted by atomic mass is 32.2. The maximum absolute atomic E-state index is 13.3. The van der Waals surface area contributed by atoms with Gasteiger partial charge in [-0.2, -0.15) is 13.2 Å². The SMILES string of the molecule is CC(C)c1ccc(N2CCN(CS(=O)O)CC2)cc1C(F)(F)F. The molecule has 1 aromatic carbocycles. The van der Waals surface area contributed by atoms with Gasteiger partial charge in [0.25, 0.3) is 0 Å². The van der Waals surface area contributed by atoms with Crippen molar-refractivity contribution in [3.05, 3.63) is 29.3 Å². The van der Waals surface area contributed by atoms with Crippen LogP contribution < -0.4 is 4.90 Å². The summed E-state index contributed by atoms with van der Waals surface area (Å²) in [5, 5.41) is 0. The number of rotatable bonds is 4. The van der Waals surface area contributed by atoms with E-state index >= 15 is 0 Å². The van der Waals surface area contributed by atoms with Gasteiger partial charge in [0.1, 0.15) is 5.88 Å². The first-order valence-electron chi connectivity index (χ1n) is 7.44. The molecule has 1 aromatic rings. The second-order valence-corrected chi connectivity index (χ2v) is 6.88. The van der Waals surface area contributed by atoms with E-state index in [9.17, 15) is 17.4 Å². The van der Waals surface area contributed by atoms with Crippen molar-refractivity contribution >= 4 is 16.8 Å². The van der Waals surface area contributed by atoms with E-state index in [1.165, 1.54) is 6.07 Å². The van der Waals surface area contributed by atoms with Crippen LogP contribution in [0.2, 0.25) is 0 Å². The molecular weight excluding hydrogens is 329 g/mol.